The molecule has 0 atom stereocenters. The van der Waals surface area contributed by atoms with Crippen molar-refractivity contribution in [2.45, 2.75) is 71.3 Å². The Morgan fingerprint density at radius 3 is 2.16 bits per heavy atom. The van der Waals surface area contributed by atoms with Gasteiger partial charge >= 0.3 is 11.9 Å². The van der Waals surface area contributed by atoms with Crippen LogP contribution in [0.15, 0.2) is 12.2 Å². The molecule has 1 N–H and O–H groups in total. The maximum atomic E-state index is 11.9. The molecule has 0 unspecified atom stereocenters. The fraction of sp³-hybridized carbons (Fsp3) is 0.733. The van der Waals surface area contributed by atoms with Gasteiger partial charge in [-0.05, 0) is 25.7 Å². The second kappa shape index (κ2) is 8.73. The average Bonchev–Trinajstić information content (AvgIpc) is 2.36. The summed E-state index contributed by atoms with van der Waals surface area (Å²) < 4.78 is 5.54. The van der Waals surface area contributed by atoms with Gasteiger partial charge in [0.05, 0.1) is 6.42 Å². The Labute approximate surface area is 115 Å². The van der Waals surface area contributed by atoms with E-state index in [1.807, 2.05) is 13.8 Å². The Bertz CT molecular complexity index is 316. The van der Waals surface area contributed by atoms with Gasteiger partial charge in [-0.15, -0.1) is 0 Å². The van der Waals surface area contributed by atoms with E-state index in [1.54, 1.807) is 0 Å². The molecule has 0 aromatic heterocycles. The lowest BCUT2D eigenvalue weighted by Gasteiger charge is -2.32. The molecular weight excluding hydrogens is 244 g/mol. The lowest BCUT2D eigenvalue weighted by atomic mass is 9.90. The Balaban J connectivity index is 4.59. The van der Waals surface area contributed by atoms with E-state index in [9.17, 15) is 9.59 Å². The smallest absolute Gasteiger partial charge is 0.334 e. The molecule has 110 valence electrons. The van der Waals surface area contributed by atoms with Crippen LogP contribution in [0.25, 0.3) is 0 Å². The van der Waals surface area contributed by atoms with E-state index in [0.29, 0.717) is 0 Å². The van der Waals surface area contributed by atoms with Crippen molar-refractivity contribution in [1.82, 2.24) is 0 Å². The highest BCUT2D eigenvalue weighted by molar-refractivity contribution is 5.93. The van der Waals surface area contributed by atoms with Crippen molar-refractivity contribution < 1.29 is 19.4 Å². The van der Waals surface area contributed by atoms with E-state index in [2.05, 4.69) is 13.5 Å². The highest BCUT2D eigenvalue weighted by Crippen LogP contribution is 2.28. The van der Waals surface area contributed by atoms with Crippen LogP contribution < -0.4 is 0 Å². The van der Waals surface area contributed by atoms with Crippen molar-refractivity contribution in [2.24, 2.45) is 0 Å². The van der Waals surface area contributed by atoms with Crippen molar-refractivity contribution in [3.8, 4) is 0 Å². The first kappa shape index (κ1) is 17.7. The standard InChI is InChI=1S/C15H26O4/c1-5-8-9-10-15(6-2,7-3)19-14(18)12(4)11-13(16)17/h4-11H2,1-3H3,(H,16,17). The lowest BCUT2D eigenvalue weighted by molar-refractivity contribution is -0.158. The normalized spacial score (nSPS) is 11.1. The molecule has 0 saturated heterocycles. The number of carbonyl (C=O) groups excluding carboxylic acids is 1. The number of unbranched alkanes of at least 4 members (excludes halogenated alkanes) is 2. The number of hydrogen-bond donors (Lipinski definition) is 1. The zero-order chi connectivity index (χ0) is 14.9. The van der Waals surface area contributed by atoms with Crippen LogP contribution in [0, 0.1) is 0 Å². The molecule has 0 aliphatic rings. The first-order chi connectivity index (χ1) is 8.90. The summed E-state index contributed by atoms with van der Waals surface area (Å²) in [6.07, 6.45) is 5.16. The maximum Gasteiger partial charge on any atom is 0.334 e. The quantitative estimate of drug-likeness (QED) is 0.373. The largest absolute Gasteiger partial charge is 0.481 e. The molecule has 0 heterocycles. The van der Waals surface area contributed by atoms with Crippen molar-refractivity contribution in [3.05, 3.63) is 12.2 Å². The Kier molecular flexibility index (Phi) is 8.12. The molecule has 4 nitrogen and oxygen atoms in total. The third-order valence-corrected chi connectivity index (χ3v) is 3.49. The van der Waals surface area contributed by atoms with Crippen LogP contribution in [-0.2, 0) is 14.3 Å². The molecule has 0 amide bonds. The summed E-state index contributed by atoms with van der Waals surface area (Å²) in [6.45, 7) is 9.59. The SMILES string of the molecule is C=C(CC(=O)O)C(=O)OC(CC)(CC)CCCCC. The van der Waals surface area contributed by atoms with E-state index in [-0.39, 0.29) is 12.0 Å². The minimum Gasteiger partial charge on any atom is -0.481 e. The number of ether oxygens (including phenoxy) is 1. The predicted octanol–water partition coefficient (Wildman–Crippen LogP) is 3.70. The number of esters is 1. The van der Waals surface area contributed by atoms with E-state index in [0.717, 1.165) is 38.5 Å². The fourth-order valence-electron chi connectivity index (χ4n) is 2.02. The molecule has 0 spiro atoms. The number of carbonyl (C=O) groups is 2. The van der Waals surface area contributed by atoms with Crippen molar-refractivity contribution >= 4 is 11.9 Å². The lowest BCUT2D eigenvalue weighted by Crippen LogP contribution is -2.34. The second-order valence-electron chi connectivity index (χ2n) is 4.91. The number of carboxylic acids is 1. The highest BCUT2D eigenvalue weighted by atomic mass is 16.6. The maximum absolute atomic E-state index is 11.9. The van der Waals surface area contributed by atoms with Crippen molar-refractivity contribution in [3.63, 3.8) is 0 Å². The second-order valence-corrected chi connectivity index (χ2v) is 4.91. The van der Waals surface area contributed by atoms with Gasteiger partial charge < -0.3 is 9.84 Å². The summed E-state index contributed by atoms with van der Waals surface area (Å²) in [5, 5.41) is 8.65. The molecule has 0 bridgehead atoms. The molecule has 0 aromatic rings. The van der Waals surface area contributed by atoms with Gasteiger partial charge in [-0.2, -0.15) is 0 Å². The van der Waals surface area contributed by atoms with Crippen LogP contribution >= 0.6 is 0 Å². The Morgan fingerprint density at radius 2 is 1.74 bits per heavy atom. The first-order valence-electron chi connectivity index (χ1n) is 7.03. The summed E-state index contributed by atoms with van der Waals surface area (Å²) in [5.74, 6) is -1.64. The Hall–Kier alpha value is -1.32. The third-order valence-electron chi connectivity index (χ3n) is 3.49. The summed E-state index contributed by atoms with van der Waals surface area (Å²) in [6, 6.07) is 0. The fourth-order valence-corrected chi connectivity index (χ4v) is 2.02. The molecule has 0 rings (SSSR count). The number of aliphatic carboxylic acids is 1. The molecule has 0 aliphatic heterocycles. The molecular formula is C15H26O4. The average molecular weight is 270 g/mol. The molecule has 0 aromatic carbocycles. The molecule has 0 aliphatic carbocycles. The van der Waals surface area contributed by atoms with Crippen LogP contribution in [0.2, 0.25) is 0 Å². The highest BCUT2D eigenvalue weighted by Gasteiger charge is 2.31. The summed E-state index contributed by atoms with van der Waals surface area (Å²) in [4.78, 5) is 22.4. The summed E-state index contributed by atoms with van der Waals surface area (Å²) in [5.41, 5.74) is -0.470. The van der Waals surface area contributed by atoms with Gasteiger partial charge in [0.15, 0.2) is 0 Å². The van der Waals surface area contributed by atoms with Crippen LogP contribution in [-0.4, -0.2) is 22.6 Å². The topological polar surface area (TPSA) is 63.6 Å². The van der Waals surface area contributed by atoms with Gasteiger partial charge in [-0.25, -0.2) is 4.79 Å². The van der Waals surface area contributed by atoms with Crippen LogP contribution in [0.4, 0.5) is 0 Å². The third kappa shape index (κ3) is 6.41. The molecule has 0 radical (unpaired) electrons. The minimum atomic E-state index is -1.06. The van der Waals surface area contributed by atoms with E-state index < -0.39 is 17.5 Å². The van der Waals surface area contributed by atoms with E-state index in [1.165, 1.54) is 0 Å². The zero-order valence-corrected chi connectivity index (χ0v) is 12.3. The van der Waals surface area contributed by atoms with Crippen molar-refractivity contribution in [2.75, 3.05) is 0 Å². The number of rotatable bonds is 10. The first-order valence-corrected chi connectivity index (χ1v) is 7.03. The molecule has 0 fully saturated rings. The number of hydrogen-bond acceptors (Lipinski definition) is 3. The van der Waals surface area contributed by atoms with Crippen LogP contribution in [0.3, 0.4) is 0 Å². The summed E-state index contributed by atoms with van der Waals surface area (Å²) in [7, 11) is 0. The van der Waals surface area contributed by atoms with E-state index in [4.69, 9.17) is 9.84 Å². The van der Waals surface area contributed by atoms with Crippen LogP contribution in [0.5, 0.6) is 0 Å². The van der Waals surface area contributed by atoms with Gasteiger partial charge in [0.25, 0.3) is 0 Å². The zero-order valence-electron chi connectivity index (χ0n) is 12.3. The van der Waals surface area contributed by atoms with Crippen molar-refractivity contribution in [1.29, 1.82) is 0 Å². The van der Waals surface area contributed by atoms with Gasteiger partial charge in [-0.1, -0.05) is 40.2 Å². The molecule has 19 heavy (non-hydrogen) atoms. The number of carboxylic acid groups (broad SMARTS) is 1. The summed E-state index contributed by atoms with van der Waals surface area (Å²) >= 11 is 0. The monoisotopic (exact) mass is 270 g/mol. The van der Waals surface area contributed by atoms with E-state index >= 15 is 0 Å². The van der Waals surface area contributed by atoms with Gasteiger partial charge in [0, 0.05) is 5.57 Å². The molecule has 0 saturated carbocycles. The van der Waals surface area contributed by atoms with Gasteiger partial charge in [-0.3, -0.25) is 4.79 Å². The van der Waals surface area contributed by atoms with Gasteiger partial charge in [0.1, 0.15) is 5.60 Å². The predicted molar refractivity (Wildman–Crippen MR) is 74.9 cm³/mol. The Morgan fingerprint density at radius 1 is 1.16 bits per heavy atom. The van der Waals surface area contributed by atoms with Gasteiger partial charge in [0.2, 0.25) is 0 Å². The molecule has 4 heteroatoms. The van der Waals surface area contributed by atoms with Crippen LogP contribution in [0.1, 0.15) is 65.7 Å². The minimum absolute atomic E-state index is 0.00858.